The minimum Gasteiger partial charge on any atom is -0.385 e. The zero-order chi connectivity index (χ0) is 21.7. The van der Waals surface area contributed by atoms with Gasteiger partial charge in [0.25, 0.3) is 5.91 Å². The van der Waals surface area contributed by atoms with Gasteiger partial charge in [0.1, 0.15) is 0 Å². The van der Waals surface area contributed by atoms with Gasteiger partial charge in [0, 0.05) is 58.5 Å². The van der Waals surface area contributed by atoms with Crippen LogP contribution < -0.4 is 5.32 Å². The molecule has 1 N–H and O–H groups in total. The Morgan fingerprint density at radius 2 is 1.30 bits per heavy atom. The van der Waals surface area contributed by atoms with Crippen molar-refractivity contribution in [1.82, 2.24) is 15.2 Å². The topological polar surface area (TPSA) is 63.7 Å². The normalized spacial score (nSPS) is 11.2. The van der Waals surface area contributed by atoms with E-state index in [9.17, 15) is 4.79 Å². The summed E-state index contributed by atoms with van der Waals surface area (Å²) in [6, 6.07) is 3.50. The second kappa shape index (κ2) is 19.5. The molecular weight excluding hydrogens is 378 g/mol. The average molecular weight is 422 g/mol. The quantitative estimate of drug-likeness (QED) is 0.318. The molecule has 0 fully saturated rings. The molecule has 0 saturated heterocycles. The summed E-state index contributed by atoms with van der Waals surface area (Å²) in [5.74, 6) is -0.0198. The Hall–Kier alpha value is -1.50. The molecule has 1 heterocycles. The minimum absolute atomic E-state index is 0.0198. The van der Waals surface area contributed by atoms with Gasteiger partial charge in [-0.05, 0) is 50.9 Å². The third-order valence-corrected chi connectivity index (χ3v) is 5.30. The average Bonchev–Trinajstić information content (AvgIpc) is 2.77. The molecule has 0 aliphatic heterocycles. The number of pyridine rings is 1. The van der Waals surface area contributed by atoms with Crippen LogP contribution in [0.4, 0.5) is 0 Å². The number of carbonyl (C=O) groups is 1. The number of rotatable bonds is 20. The fourth-order valence-corrected chi connectivity index (χ4v) is 3.49. The van der Waals surface area contributed by atoms with Gasteiger partial charge in [-0.25, -0.2) is 0 Å². The van der Waals surface area contributed by atoms with E-state index in [1.54, 1.807) is 38.7 Å². The molecule has 0 aliphatic rings. The number of methoxy groups -OCH3 is 2. The second-order valence-corrected chi connectivity index (χ2v) is 7.85. The lowest BCUT2D eigenvalue weighted by Crippen LogP contribution is -2.36. The number of nitrogens with zero attached hydrogens (tertiary/aromatic N) is 2. The number of carbonyl (C=O) groups excluding carboxylic acids is 1. The van der Waals surface area contributed by atoms with Gasteiger partial charge in [0.2, 0.25) is 0 Å². The molecule has 1 amide bonds. The third-order valence-electron chi connectivity index (χ3n) is 5.30. The maximum Gasteiger partial charge on any atom is 0.251 e. The van der Waals surface area contributed by atoms with Crippen LogP contribution in [0.5, 0.6) is 0 Å². The lowest BCUT2D eigenvalue weighted by molar-refractivity contribution is 0.0947. The van der Waals surface area contributed by atoms with Crippen molar-refractivity contribution in [2.75, 3.05) is 53.6 Å². The predicted octanol–water partition coefficient (Wildman–Crippen LogP) is 4.31. The smallest absolute Gasteiger partial charge is 0.251 e. The van der Waals surface area contributed by atoms with Crippen LogP contribution in [0.25, 0.3) is 0 Å². The van der Waals surface area contributed by atoms with Gasteiger partial charge in [-0.2, -0.15) is 0 Å². The monoisotopic (exact) mass is 421 g/mol. The highest BCUT2D eigenvalue weighted by atomic mass is 16.5. The molecule has 0 radical (unpaired) electrons. The maximum atomic E-state index is 12.2. The second-order valence-electron chi connectivity index (χ2n) is 7.85. The summed E-state index contributed by atoms with van der Waals surface area (Å²) < 4.78 is 10.2. The van der Waals surface area contributed by atoms with E-state index in [1.807, 2.05) is 0 Å². The van der Waals surface area contributed by atoms with Crippen molar-refractivity contribution in [3.63, 3.8) is 0 Å². The largest absolute Gasteiger partial charge is 0.385 e. The highest BCUT2D eigenvalue weighted by Gasteiger charge is 2.08. The van der Waals surface area contributed by atoms with Crippen LogP contribution in [0.3, 0.4) is 0 Å². The first-order valence-corrected chi connectivity index (χ1v) is 11.7. The van der Waals surface area contributed by atoms with Crippen molar-refractivity contribution in [2.45, 2.75) is 64.2 Å². The van der Waals surface area contributed by atoms with Crippen molar-refractivity contribution in [3.05, 3.63) is 30.1 Å². The fourth-order valence-electron chi connectivity index (χ4n) is 3.49. The molecule has 0 bridgehead atoms. The van der Waals surface area contributed by atoms with Gasteiger partial charge in [-0.1, -0.05) is 38.5 Å². The number of unbranched alkanes of at least 4 members (excludes halogenated alkanes) is 8. The summed E-state index contributed by atoms with van der Waals surface area (Å²) in [4.78, 5) is 18.7. The van der Waals surface area contributed by atoms with Gasteiger partial charge < -0.3 is 19.7 Å². The zero-order valence-corrected chi connectivity index (χ0v) is 19.2. The van der Waals surface area contributed by atoms with Gasteiger partial charge in [0.05, 0.1) is 0 Å². The van der Waals surface area contributed by atoms with E-state index in [4.69, 9.17) is 9.47 Å². The van der Waals surface area contributed by atoms with Gasteiger partial charge in [-0.3, -0.25) is 9.78 Å². The first-order valence-electron chi connectivity index (χ1n) is 11.7. The van der Waals surface area contributed by atoms with Gasteiger partial charge >= 0.3 is 0 Å². The molecule has 0 aliphatic carbocycles. The third kappa shape index (κ3) is 14.5. The lowest BCUT2D eigenvalue weighted by Gasteiger charge is -2.22. The zero-order valence-electron chi connectivity index (χ0n) is 19.2. The molecule has 1 aromatic rings. The summed E-state index contributed by atoms with van der Waals surface area (Å²) in [5.41, 5.74) is 0.670. The Morgan fingerprint density at radius 3 is 1.83 bits per heavy atom. The standard InChI is InChI=1S/C24H43N3O3/c1-29-21-11-7-3-5-9-18-27(19-10-6-4-8-12-22-30-2)20-17-26-24(28)23-13-15-25-16-14-23/h13-16H,3-12,17-22H2,1-2H3,(H,26,28). The molecule has 6 heteroatoms. The molecule has 0 saturated carbocycles. The van der Waals surface area contributed by atoms with Gasteiger partial charge in [-0.15, -0.1) is 0 Å². The summed E-state index contributed by atoms with van der Waals surface area (Å²) >= 11 is 0. The van der Waals surface area contributed by atoms with Crippen LogP contribution in [0.1, 0.15) is 74.6 Å². The molecule has 0 atom stereocenters. The number of hydrogen-bond acceptors (Lipinski definition) is 5. The molecule has 1 rings (SSSR count). The van der Waals surface area contributed by atoms with E-state index in [2.05, 4.69) is 15.2 Å². The molecule has 0 aromatic carbocycles. The Kier molecular flexibility index (Phi) is 17.2. The first kappa shape index (κ1) is 26.5. The summed E-state index contributed by atoms with van der Waals surface area (Å²) in [7, 11) is 3.53. The molecule has 0 unspecified atom stereocenters. The van der Waals surface area contributed by atoms with Gasteiger partial charge in [0.15, 0.2) is 0 Å². The van der Waals surface area contributed by atoms with Crippen LogP contribution in [-0.4, -0.2) is 69.4 Å². The summed E-state index contributed by atoms with van der Waals surface area (Å²) in [5, 5.41) is 3.04. The van der Waals surface area contributed by atoms with Crippen molar-refractivity contribution < 1.29 is 14.3 Å². The van der Waals surface area contributed by atoms with Crippen molar-refractivity contribution in [3.8, 4) is 0 Å². The molecule has 0 spiro atoms. The predicted molar refractivity (Wildman–Crippen MR) is 123 cm³/mol. The van der Waals surface area contributed by atoms with Crippen LogP contribution in [0.15, 0.2) is 24.5 Å². The van der Waals surface area contributed by atoms with Crippen LogP contribution in [0.2, 0.25) is 0 Å². The van der Waals surface area contributed by atoms with E-state index in [1.165, 1.54) is 51.4 Å². The Morgan fingerprint density at radius 1 is 0.800 bits per heavy atom. The van der Waals surface area contributed by atoms with E-state index in [-0.39, 0.29) is 5.91 Å². The molecule has 172 valence electrons. The maximum absolute atomic E-state index is 12.2. The number of ether oxygens (including phenoxy) is 2. The molecular formula is C24H43N3O3. The van der Waals surface area contributed by atoms with E-state index in [0.29, 0.717) is 12.1 Å². The van der Waals surface area contributed by atoms with Crippen molar-refractivity contribution in [2.24, 2.45) is 0 Å². The Bertz CT molecular complexity index is 496. The number of amides is 1. The van der Waals surface area contributed by atoms with E-state index in [0.717, 1.165) is 45.7 Å². The molecule has 30 heavy (non-hydrogen) atoms. The lowest BCUT2D eigenvalue weighted by atomic mass is 10.1. The summed E-state index contributed by atoms with van der Waals surface area (Å²) in [6.07, 6.45) is 15.6. The highest BCUT2D eigenvalue weighted by Crippen LogP contribution is 2.08. The minimum atomic E-state index is -0.0198. The summed E-state index contributed by atoms with van der Waals surface area (Å²) in [6.45, 7) is 5.55. The van der Waals surface area contributed by atoms with Crippen molar-refractivity contribution in [1.29, 1.82) is 0 Å². The van der Waals surface area contributed by atoms with Crippen LogP contribution in [0, 0.1) is 0 Å². The van der Waals surface area contributed by atoms with E-state index < -0.39 is 0 Å². The fraction of sp³-hybridized carbons (Fsp3) is 0.750. The Balaban J connectivity index is 2.25. The van der Waals surface area contributed by atoms with E-state index >= 15 is 0 Å². The first-order chi connectivity index (χ1) is 14.8. The van der Waals surface area contributed by atoms with Crippen molar-refractivity contribution >= 4 is 5.91 Å². The molecule has 6 nitrogen and oxygen atoms in total. The highest BCUT2D eigenvalue weighted by molar-refractivity contribution is 5.93. The Labute approximate surface area is 183 Å². The van der Waals surface area contributed by atoms with Crippen LogP contribution >= 0.6 is 0 Å². The SMILES string of the molecule is COCCCCCCCN(CCCCCCCOC)CCNC(=O)c1ccncc1. The van der Waals surface area contributed by atoms with Crippen LogP contribution in [-0.2, 0) is 9.47 Å². The number of hydrogen-bond donors (Lipinski definition) is 1. The molecule has 1 aromatic heterocycles. The number of nitrogens with one attached hydrogen (secondary N) is 1. The number of aromatic nitrogens is 1.